The fourth-order valence-electron chi connectivity index (χ4n) is 1.78. The number of hydrogen-bond donors (Lipinski definition) is 3. The average Bonchev–Trinajstić information content (AvgIpc) is 2.55. The van der Waals surface area contributed by atoms with E-state index in [1.165, 1.54) is 13.0 Å². The van der Waals surface area contributed by atoms with Crippen LogP contribution in [0.5, 0.6) is 0 Å². The molecule has 132 valence electrons. The van der Waals surface area contributed by atoms with E-state index in [0.29, 0.717) is 29.8 Å². The van der Waals surface area contributed by atoms with Crippen molar-refractivity contribution in [2.24, 2.45) is 5.73 Å². The van der Waals surface area contributed by atoms with Crippen LogP contribution in [0.25, 0.3) is 0 Å². The molecule has 0 aliphatic carbocycles. The molecule has 4 N–H and O–H groups in total. The summed E-state index contributed by atoms with van der Waals surface area (Å²) in [6, 6.07) is 9.83. The number of halogens is 2. The second-order valence-corrected chi connectivity index (χ2v) is 6.31. The van der Waals surface area contributed by atoms with Gasteiger partial charge in [-0.15, -0.1) is 0 Å². The smallest absolute Gasteiger partial charge is 0.143 e. The Morgan fingerprint density at radius 2 is 2.12 bits per heavy atom. The Bertz CT molecular complexity index is 584. The maximum Gasteiger partial charge on any atom is 0.143 e. The van der Waals surface area contributed by atoms with Gasteiger partial charge in [0.1, 0.15) is 5.83 Å². The summed E-state index contributed by atoms with van der Waals surface area (Å²) in [7, 11) is 0. The molecule has 1 aromatic rings. The third-order valence-corrected chi connectivity index (χ3v) is 3.60. The first-order valence-electron chi connectivity index (χ1n) is 7.62. The summed E-state index contributed by atoms with van der Waals surface area (Å²) >= 11 is 3.20. The topological polar surface area (TPSA) is 67.5 Å². The number of allylic oxidation sites excluding steroid dienone is 4. The number of nitrogens with two attached hydrogens (primary N) is 1. The number of hydrogen-bond acceptors (Lipinski definition) is 4. The molecular formula is C18H24BrFN2O2. The van der Waals surface area contributed by atoms with Crippen molar-refractivity contribution in [1.29, 1.82) is 0 Å². The monoisotopic (exact) mass is 398 g/mol. The van der Waals surface area contributed by atoms with Gasteiger partial charge in [-0.2, -0.15) is 0 Å². The van der Waals surface area contributed by atoms with Crippen LogP contribution in [0, 0.1) is 0 Å². The Kier molecular flexibility index (Phi) is 9.37. The second kappa shape index (κ2) is 11.0. The molecule has 4 nitrogen and oxygen atoms in total. The van der Waals surface area contributed by atoms with Crippen LogP contribution < -0.4 is 11.1 Å². The van der Waals surface area contributed by atoms with Crippen molar-refractivity contribution in [2.75, 3.05) is 13.2 Å². The van der Waals surface area contributed by atoms with Crippen molar-refractivity contribution in [1.82, 2.24) is 5.32 Å². The zero-order valence-corrected chi connectivity index (χ0v) is 15.4. The summed E-state index contributed by atoms with van der Waals surface area (Å²) in [5.41, 5.74) is 6.99. The van der Waals surface area contributed by atoms with Crippen molar-refractivity contribution in [2.45, 2.75) is 26.1 Å². The maximum atomic E-state index is 13.6. The number of nitrogens with one attached hydrogen (secondary N) is 1. The summed E-state index contributed by atoms with van der Waals surface area (Å²) in [6.07, 6.45) is 1.09. The molecule has 6 heteroatoms. The highest BCUT2D eigenvalue weighted by molar-refractivity contribution is 9.11. The van der Waals surface area contributed by atoms with E-state index >= 15 is 0 Å². The van der Waals surface area contributed by atoms with Crippen molar-refractivity contribution < 1.29 is 14.2 Å². The molecule has 0 fully saturated rings. The van der Waals surface area contributed by atoms with Crippen LogP contribution in [0.15, 0.2) is 64.7 Å². The largest absolute Gasteiger partial charge is 0.400 e. The molecule has 0 unspecified atom stereocenters. The van der Waals surface area contributed by atoms with Crippen LogP contribution in [0.2, 0.25) is 0 Å². The highest BCUT2D eigenvalue weighted by Crippen LogP contribution is 2.16. The van der Waals surface area contributed by atoms with Crippen LogP contribution in [0.3, 0.4) is 0 Å². The molecule has 0 aromatic heterocycles. The first-order valence-corrected chi connectivity index (χ1v) is 8.41. The molecule has 0 heterocycles. The van der Waals surface area contributed by atoms with Crippen LogP contribution in [0.1, 0.15) is 18.9 Å². The molecule has 1 atom stereocenters. The lowest BCUT2D eigenvalue weighted by atomic mass is 10.2. The number of benzene rings is 1. The van der Waals surface area contributed by atoms with Gasteiger partial charge in [0.15, 0.2) is 0 Å². The van der Waals surface area contributed by atoms with E-state index in [1.54, 1.807) is 0 Å². The molecule has 24 heavy (non-hydrogen) atoms. The summed E-state index contributed by atoms with van der Waals surface area (Å²) < 4.78 is 19.6. The van der Waals surface area contributed by atoms with Gasteiger partial charge in [-0.3, -0.25) is 0 Å². The lowest BCUT2D eigenvalue weighted by molar-refractivity contribution is 0.0743. The SMILES string of the molecule is C=C(Br)/C(=C\C(F)=C(/C)N)NC[C@@H](O)CCOCc1ccccc1. The minimum Gasteiger partial charge on any atom is -0.400 e. The first kappa shape index (κ1) is 20.4. The third kappa shape index (κ3) is 8.29. The van der Waals surface area contributed by atoms with Crippen molar-refractivity contribution >= 4 is 15.9 Å². The minimum absolute atomic E-state index is 0.0814. The van der Waals surface area contributed by atoms with Crippen LogP contribution >= 0.6 is 15.9 Å². The molecule has 0 saturated carbocycles. The Morgan fingerprint density at radius 3 is 2.71 bits per heavy atom. The Morgan fingerprint density at radius 1 is 1.46 bits per heavy atom. The van der Waals surface area contributed by atoms with Gasteiger partial charge < -0.3 is 20.9 Å². The normalized spacial score (nSPS) is 14.1. The van der Waals surface area contributed by atoms with Crippen LogP contribution in [0.4, 0.5) is 4.39 Å². The van der Waals surface area contributed by atoms with E-state index in [0.717, 1.165) is 5.56 Å². The van der Waals surface area contributed by atoms with E-state index < -0.39 is 11.9 Å². The average molecular weight is 399 g/mol. The third-order valence-electron chi connectivity index (χ3n) is 3.18. The van der Waals surface area contributed by atoms with Gasteiger partial charge in [0, 0.05) is 23.3 Å². The lowest BCUT2D eigenvalue weighted by Crippen LogP contribution is -2.27. The maximum absolute atomic E-state index is 13.6. The first-order chi connectivity index (χ1) is 11.4. The zero-order chi connectivity index (χ0) is 17.9. The molecule has 0 amide bonds. The number of ether oxygens (including phenoxy) is 1. The molecule has 0 bridgehead atoms. The van der Waals surface area contributed by atoms with Gasteiger partial charge in [0.05, 0.1) is 18.4 Å². The minimum atomic E-state index is -0.623. The molecular weight excluding hydrogens is 375 g/mol. The molecule has 0 saturated heterocycles. The van der Waals surface area contributed by atoms with E-state index in [9.17, 15) is 9.50 Å². The number of aliphatic hydroxyl groups is 1. The van der Waals surface area contributed by atoms with Crippen molar-refractivity contribution in [3.05, 3.63) is 70.3 Å². The van der Waals surface area contributed by atoms with Crippen molar-refractivity contribution in [3.8, 4) is 0 Å². The van der Waals surface area contributed by atoms with Gasteiger partial charge in [-0.25, -0.2) is 4.39 Å². The van der Waals surface area contributed by atoms with Crippen molar-refractivity contribution in [3.63, 3.8) is 0 Å². The molecule has 0 aliphatic rings. The summed E-state index contributed by atoms with van der Waals surface area (Å²) in [4.78, 5) is 0. The zero-order valence-electron chi connectivity index (χ0n) is 13.8. The van der Waals surface area contributed by atoms with E-state index in [2.05, 4.69) is 27.8 Å². The fourth-order valence-corrected chi connectivity index (χ4v) is 2.03. The second-order valence-electron chi connectivity index (χ2n) is 5.36. The lowest BCUT2D eigenvalue weighted by Gasteiger charge is -2.15. The summed E-state index contributed by atoms with van der Waals surface area (Å²) in [5, 5.41) is 12.9. The van der Waals surface area contributed by atoms with Gasteiger partial charge >= 0.3 is 0 Å². The fraction of sp³-hybridized carbons (Fsp3) is 0.333. The molecule has 1 aromatic carbocycles. The Hall–Kier alpha value is -1.63. The highest BCUT2D eigenvalue weighted by atomic mass is 79.9. The summed E-state index contributed by atoms with van der Waals surface area (Å²) in [6.45, 7) is 6.37. The molecule has 0 aliphatic heterocycles. The van der Waals surface area contributed by atoms with Gasteiger partial charge in [-0.05, 0) is 40.9 Å². The Labute approximate surface area is 151 Å². The van der Waals surface area contributed by atoms with Gasteiger partial charge in [-0.1, -0.05) is 36.9 Å². The van der Waals surface area contributed by atoms with Gasteiger partial charge in [0.25, 0.3) is 0 Å². The van der Waals surface area contributed by atoms with E-state index in [1.807, 2.05) is 30.3 Å². The van der Waals surface area contributed by atoms with E-state index in [-0.39, 0.29) is 12.2 Å². The predicted octanol–water partition coefficient (Wildman–Crippen LogP) is 3.50. The highest BCUT2D eigenvalue weighted by Gasteiger charge is 2.08. The molecule has 0 radical (unpaired) electrons. The quantitative estimate of drug-likeness (QED) is 0.416. The van der Waals surface area contributed by atoms with E-state index in [4.69, 9.17) is 10.5 Å². The number of aliphatic hydroxyl groups excluding tert-OH is 1. The van der Waals surface area contributed by atoms with Crippen LogP contribution in [-0.4, -0.2) is 24.4 Å². The van der Waals surface area contributed by atoms with Gasteiger partial charge in [0.2, 0.25) is 0 Å². The van der Waals surface area contributed by atoms with Crippen LogP contribution in [-0.2, 0) is 11.3 Å². The number of rotatable bonds is 10. The molecule has 1 rings (SSSR count). The Balaban J connectivity index is 2.34. The standard InChI is InChI=1S/C18H24BrFN2O2/c1-13(19)18(10-17(20)14(2)21)22-11-16(23)8-9-24-12-15-6-4-3-5-7-15/h3-7,10,16,22-23H,1,8-9,11-12,21H2,2H3/b17-14-,18-10+/t16-/m0/s1. The predicted molar refractivity (Wildman–Crippen MR) is 98.9 cm³/mol. The molecule has 0 spiro atoms. The summed E-state index contributed by atoms with van der Waals surface area (Å²) in [5.74, 6) is -0.543.